The first-order chi connectivity index (χ1) is 32.2. The van der Waals surface area contributed by atoms with Crippen molar-refractivity contribution < 1.29 is 0 Å². The predicted octanol–water partition coefficient (Wildman–Crippen LogP) is 16.7. The fourth-order valence-corrected chi connectivity index (χ4v) is 12.1. The van der Waals surface area contributed by atoms with Gasteiger partial charge in [0.2, 0.25) is 0 Å². The summed E-state index contributed by atoms with van der Waals surface area (Å²) in [6, 6.07) is 79.5. The number of aromatic nitrogens is 3. The first kappa shape index (κ1) is 33.9. The molecule has 16 rings (SSSR count). The summed E-state index contributed by atoms with van der Waals surface area (Å²) in [5.74, 6) is 0. The molecule has 0 spiro atoms. The van der Waals surface area contributed by atoms with Crippen molar-refractivity contribution in [1.29, 1.82) is 0 Å². The minimum absolute atomic E-state index is 1.18. The Balaban J connectivity index is 0.916. The standard InChI is InChI=1S/C62H35N3/c1-2-13-40(14-3-1)63-55-22-8-7-18-45(55)51-31-36(25-28-57(51)63)37-26-29-58-52(32-37)47-20-11-21-48-53-35-50-38(33-59(53)65(58)61(47)48)24-27-49-44-17-6-9-23-56(44)64(62(49)50)41-30-39-12-10-19-46-42-15-4-5-16-43(42)54(34-41)60(39)46/h1-35H. The topological polar surface area (TPSA) is 14.3 Å². The lowest BCUT2D eigenvalue weighted by Crippen LogP contribution is -1.95. The Bertz CT molecular complexity index is 4580. The lowest BCUT2D eigenvalue weighted by Gasteiger charge is -2.13. The Morgan fingerprint density at radius 1 is 0.246 bits per heavy atom. The molecule has 1 aliphatic carbocycles. The molecule has 0 atom stereocenters. The van der Waals surface area contributed by atoms with Crippen molar-refractivity contribution in [3.05, 3.63) is 212 Å². The average Bonchev–Trinajstić information content (AvgIpc) is 4.15. The second kappa shape index (κ2) is 12.1. The van der Waals surface area contributed by atoms with Gasteiger partial charge in [-0.25, -0.2) is 0 Å². The Morgan fingerprint density at radius 3 is 1.63 bits per heavy atom. The van der Waals surface area contributed by atoms with Crippen LogP contribution in [0, 0.1) is 0 Å². The van der Waals surface area contributed by atoms with Gasteiger partial charge in [0, 0.05) is 59.9 Å². The molecule has 298 valence electrons. The third-order valence-corrected chi connectivity index (χ3v) is 14.8. The first-order valence-corrected chi connectivity index (χ1v) is 22.6. The molecular weight excluding hydrogens is 787 g/mol. The molecule has 4 aromatic heterocycles. The summed E-state index contributed by atoms with van der Waals surface area (Å²) < 4.78 is 7.44. The van der Waals surface area contributed by atoms with E-state index in [9.17, 15) is 0 Å². The van der Waals surface area contributed by atoms with Gasteiger partial charge in [-0.05, 0) is 122 Å². The highest BCUT2D eigenvalue weighted by atomic mass is 15.0. The fraction of sp³-hybridized carbons (Fsp3) is 0. The summed E-state index contributed by atoms with van der Waals surface area (Å²) in [6.45, 7) is 0. The van der Waals surface area contributed by atoms with Gasteiger partial charge in [-0.2, -0.15) is 0 Å². The highest BCUT2D eigenvalue weighted by Crippen LogP contribution is 2.50. The summed E-state index contributed by atoms with van der Waals surface area (Å²) in [5.41, 5.74) is 18.8. The van der Waals surface area contributed by atoms with Crippen LogP contribution in [0.3, 0.4) is 0 Å². The molecule has 15 aromatic rings. The predicted molar refractivity (Wildman–Crippen MR) is 275 cm³/mol. The number of rotatable bonds is 3. The maximum atomic E-state index is 2.53. The van der Waals surface area contributed by atoms with Crippen LogP contribution in [0.4, 0.5) is 0 Å². The van der Waals surface area contributed by atoms with E-state index in [0.29, 0.717) is 0 Å². The van der Waals surface area contributed by atoms with E-state index in [1.165, 1.54) is 148 Å². The van der Waals surface area contributed by atoms with E-state index in [1.807, 2.05) is 0 Å². The van der Waals surface area contributed by atoms with Crippen LogP contribution in [0.25, 0.3) is 148 Å². The van der Waals surface area contributed by atoms with Crippen molar-refractivity contribution in [2.75, 3.05) is 0 Å². The van der Waals surface area contributed by atoms with Crippen LogP contribution >= 0.6 is 0 Å². The van der Waals surface area contributed by atoms with Gasteiger partial charge in [0.1, 0.15) is 0 Å². The molecule has 11 aromatic carbocycles. The largest absolute Gasteiger partial charge is 0.309 e. The van der Waals surface area contributed by atoms with Crippen LogP contribution in [0.2, 0.25) is 0 Å². The smallest absolute Gasteiger partial charge is 0.0620 e. The van der Waals surface area contributed by atoms with Gasteiger partial charge < -0.3 is 13.5 Å². The van der Waals surface area contributed by atoms with Crippen molar-refractivity contribution >= 4 is 103 Å². The summed E-state index contributed by atoms with van der Waals surface area (Å²) in [7, 11) is 0. The lowest BCUT2D eigenvalue weighted by molar-refractivity contribution is 1.18. The van der Waals surface area contributed by atoms with Crippen molar-refractivity contribution in [1.82, 2.24) is 13.5 Å². The van der Waals surface area contributed by atoms with Crippen molar-refractivity contribution in [2.24, 2.45) is 0 Å². The number of hydrogen-bond acceptors (Lipinski definition) is 0. The zero-order valence-electron chi connectivity index (χ0n) is 35.0. The van der Waals surface area contributed by atoms with Crippen molar-refractivity contribution in [3.8, 4) is 44.8 Å². The van der Waals surface area contributed by atoms with Crippen LogP contribution in [0.1, 0.15) is 0 Å². The molecule has 0 unspecified atom stereocenters. The quantitative estimate of drug-likeness (QED) is 0.169. The second-order valence-electron chi connectivity index (χ2n) is 18.0. The summed E-state index contributed by atoms with van der Waals surface area (Å²) in [4.78, 5) is 0. The molecule has 4 heterocycles. The van der Waals surface area contributed by atoms with E-state index in [4.69, 9.17) is 0 Å². The second-order valence-corrected chi connectivity index (χ2v) is 18.0. The van der Waals surface area contributed by atoms with E-state index in [2.05, 4.69) is 226 Å². The molecule has 0 saturated carbocycles. The Hall–Kier alpha value is -8.66. The molecule has 0 aliphatic heterocycles. The minimum atomic E-state index is 1.18. The highest BCUT2D eigenvalue weighted by molar-refractivity contribution is 6.28. The van der Waals surface area contributed by atoms with Crippen LogP contribution < -0.4 is 0 Å². The third kappa shape index (κ3) is 4.30. The Morgan fingerprint density at radius 2 is 0.831 bits per heavy atom. The number of fused-ring (bicyclic) bond motifs is 17. The molecule has 3 nitrogen and oxygen atoms in total. The molecule has 0 radical (unpaired) electrons. The van der Waals surface area contributed by atoms with E-state index in [1.54, 1.807) is 0 Å². The van der Waals surface area contributed by atoms with Gasteiger partial charge in [0.15, 0.2) is 0 Å². The highest BCUT2D eigenvalue weighted by Gasteiger charge is 2.25. The molecule has 0 saturated heterocycles. The minimum Gasteiger partial charge on any atom is -0.309 e. The number of para-hydroxylation sites is 4. The SMILES string of the molecule is c1ccc(-n2c3ccccc3c3cc(-c4ccc5c(c4)c4cccc6c7cc8c(ccc9c%10ccccc%10n(-c%10cc%11c%12c(cccc%12c%10)-c%10ccccc%10-%11)c89)cc7n5c46)ccc32)cc1. The van der Waals surface area contributed by atoms with Gasteiger partial charge in [-0.15, -0.1) is 0 Å². The summed E-state index contributed by atoms with van der Waals surface area (Å²) >= 11 is 0. The van der Waals surface area contributed by atoms with Crippen LogP contribution in [-0.2, 0) is 0 Å². The lowest BCUT2D eigenvalue weighted by atomic mass is 9.99. The molecule has 65 heavy (non-hydrogen) atoms. The number of hydrogen-bond donors (Lipinski definition) is 0. The Kier molecular flexibility index (Phi) is 6.30. The molecule has 0 N–H and O–H groups in total. The van der Waals surface area contributed by atoms with Gasteiger partial charge in [0.25, 0.3) is 0 Å². The maximum Gasteiger partial charge on any atom is 0.0620 e. The molecular formula is C62H35N3. The molecule has 0 fully saturated rings. The van der Waals surface area contributed by atoms with Crippen LogP contribution in [-0.4, -0.2) is 13.5 Å². The van der Waals surface area contributed by atoms with E-state index in [0.717, 1.165) is 0 Å². The zero-order chi connectivity index (χ0) is 42.1. The number of benzene rings is 11. The summed E-state index contributed by atoms with van der Waals surface area (Å²) in [6.07, 6.45) is 0. The van der Waals surface area contributed by atoms with Gasteiger partial charge in [0.05, 0.1) is 38.6 Å². The van der Waals surface area contributed by atoms with Gasteiger partial charge >= 0.3 is 0 Å². The number of nitrogens with zero attached hydrogens (tertiary/aromatic N) is 3. The average molecular weight is 822 g/mol. The zero-order valence-corrected chi connectivity index (χ0v) is 35.0. The van der Waals surface area contributed by atoms with E-state index >= 15 is 0 Å². The molecule has 1 aliphatic rings. The van der Waals surface area contributed by atoms with Gasteiger partial charge in [-0.1, -0.05) is 140 Å². The van der Waals surface area contributed by atoms with Crippen LogP contribution in [0.15, 0.2) is 212 Å². The van der Waals surface area contributed by atoms with Crippen LogP contribution in [0.5, 0.6) is 0 Å². The Labute approximate surface area is 372 Å². The molecule has 0 bridgehead atoms. The monoisotopic (exact) mass is 821 g/mol. The maximum absolute atomic E-state index is 2.53. The third-order valence-electron chi connectivity index (χ3n) is 14.8. The van der Waals surface area contributed by atoms with Gasteiger partial charge in [-0.3, -0.25) is 0 Å². The van der Waals surface area contributed by atoms with Crippen molar-refractivity contribution in [2.45, 2.75) is 0 Å². The van der Waals surface area contributed by atoms with E-state index in [-0.39, 0.29) is 0 Å². The molecule has 3 heteroatoms. The van der Waals surface area contributed by atoms with Crippen molar-refractivity contribution in [3.63, 3.8) is 0 Å². The fourth-order valence-electron chi connectivity index (χ4n) is 12.1. The van der Waals surface area contributed by atoms with E-state index < -0.39 is 0 Å². The summed E-state index contributed by atoms with van der Waals surface area (Å²) in [5, 5.41) is 15.3. The molecule has 0 amide bonds. The normalized spacial score (nSPS) is 12.6. The first-order valence-electron chi connectivity index (χ1n) is 22.6.